The third kappa shape index (κ3) is 2.45. The number of nitrogens with zero attached hydrogens (tertiary/aromatic N) is 2. The van der Waals surface area contributed by atoms with E-state index in [-0.39, 0.29) is 6.61 Å². The Balaban J connectivity index is 1.58. The molecule has 0 aliphatic rings. The Hall–Kier alpha value is -2.89. The van der Waals surface area contributed by atoms with Crippen LogP contribution in [-0.2, 0) is 6.61 Å². The standard InChI is InChI=1S/C20H15N3OS/c24-11-17-8-16(12-25-17)15-2-4-20-22-19(10-23(20)9-15)13-1-3-18-14(7-13)5-6-21-18/h1-10,12,21,24H,11H2. The number of rotatable bonds is 3. The lowest BCUT2D eigenvalue weighted by Crippen LogP contribution is -1.84. The molecule has 0 amide bonds. The van der Waals surface area contributed by atoms with Gasteiger partial charge in [-0.3, -0.25) is 0 Å². The summed E-state index contributed by atoms with van der Waals surface area (Å²) in [5.74, 6) is 0. The van der Waals surface area contributed by atoms with Crippen LogP contribution in [0.3, 0.4) is 0 Å². The molecule has 1 aromatic carbocycles. The van der Waals surface area contributed by atoms with Crippen molar-refractivity contribution in [1.82, 2.24) is 14.4 Å². The average Bonchev–Trinajstić information content (AvgIpc) is 3.37. The van der Waals surface area contributed by atoms with E-state index in [4.69, 9.17) is 4.98 Å². The zero-order chi connectivity index (χ0) is 16.8. The lowest BCUT2D eigenvalue weighted by atomic mass is 10.1. The molecule has 5 heteroatoms. The minimum atomic E-state index is 0.0871. The molecule has 0 fully saturated rings. The smallest absolute Gasteiger partial charge is 0.137 e. The number of hydrogen-bond donors (Lipinski definition) is 2. The fraction of sp³-hybridized carbons (Fsp3) is 0.0500. The van der Waals surface area contributed by atoms with Crippen molar-refractivity contribution < 1.29 is 5.11 Å². The van der Waals surface area contributed by atoms with Crippen LogP contribution < -0.4 is 0 Å². The summed E-state index contributed by atoms with van der Waals surface area (Å²) >= 11 is 1.58. The van der Waals surface area contributed by atoms with Crippen molar-refractivity contribution >= 4 is 27.9 Å². The molecular weight excluding hydrogens is 330 g/mol. The number of aromatic amines is 1. The van der Waals surface area contributed by atoms with Crippen LogP contribution in [-0.4, -0.2) is 19.5 Å². The molecule has 0 unspecified atom stereocenters. The Morgan fingerprint density at radius 2 is 1.92 bits per heavy atom. The van der Waals surface area contributed by atoms with Gasteiger partial charge in [0.2, 0.25) is 0 Å². The number of benzene rings is 1. The maximum Gasteiger partial charge on any atom is 0.137 e. The maximum atomic E-state index is 9.25. The van der Waals surface area contributed by atoms with E-state index in [1.54, 1.807) is 11.3 Å². The van der Waals surface area contributed by atoms with Gasteiger partial charge in [0.1, 0.15) is 5.65 Å². The lowest BCUT2D eigenvalue weighted by molar-refractivity contribution is 0.285. The summed E-state index contributed by atoms with van der Waals surface area (Å²) in [4.78, 5) is 8.93. The molecule has 4 aromatic heterocycles. The molecule has 4 heterocycles. The normalized spacial score (nSPS) is 11.6. The van der Waals surface area contributed by atoms with Crippen LogP contribution in [0.15, 0.2) is 66.4 Å². The second kappa shape index (κ2) is 5.58. The highest BCUT2D eigenvalue weighted by Gasteiger charge is 2.08. The Bertz CT molecular complexity index is 1200. The van der Waals surface area contributed by atoms with E-state index >= 15 is 0 Å². The summed E-state index contributed by atoms with van der Waals surface area (Å²) in [6.07, 6.45) is 6.10. The highest BCUT2D eigenvalue weighted by molar-refractivity contribution is 7.10. The van der Waals surface area contributed by atoms with Crippen molar-refractivity contribution in [2.45, 2.75) is 6.61 Å². The fourth-order valence-corrected chi connectivity index (χ4v) is 3.88. The van der Waals surface area contributed by atoms with Gasteiger partial charge in [0.05, 0.1) is 12.3 Å². The quantitative estimate of drug-likeness (QED) is 0.498. The number of hydrogen-bond acceptors (Lipinski definition) is 3. The first-order valence-corrected chi connectivity index (χ1v) is 8.93. The summed E-state index contributed by atoms with van der Waals surface area (Å²) in [6.45, 7) is 0.0871. The van der Waals surface area contributed by atoms with E-state index in [2.05, 4.69) is 57.5 Å². The molecule has 5 aromatic rings. The molecule has 2 N–H and O–H groups in total. The number of nitrogens with one attached hydrogen (secondary N) is 1. The number of aliphatic hydroxyl groups excluding tert-OH is 1. The van der Waals surface area contributed by atoms with Gasteiger partial charge in [-0.2, -0.15) is 0 Å². The average molecular weight is 345 g/mol. The zero-order valence-corrected chi connectivity index (χ0v) is 14.1. The molecule has 5 rings (SSSR count). The van der Waals surface area contributed by atoms with Gasteiger partial charge in [-0.15, -0.1) is 11.3 Å². The van der Waals surface area contributed by atoms with E-state index in [0.29, 0.717) is 0 Å². The van der Waals surface area contributed by atoms with Crippen molar-refractivity contribution in [3.63, 3.8) is 0 Å². The Morgan fingerprint density at radius 3 is 2.80 bits per heavy atom. The first kappa shape index (κ1) is 14.5. The Kier molecular flexibility index (Phi) is 3.23. The van der Waals surface area contributed by atoms with Crippen molar-refractivity contribution in [1.29, 1.82) is 0 Å². The van der Waals surface area contributed by atoms with Crippen LogP contribution >= 0.6 is 11.3 Å². The molecular formula is C20H15N3OS. The van der Waals surface area contributed by atoms with Gasteiger partial charge in [-0.05, 0) is 52.9 Å². The van der Waals surface area contributed by atoms with E-state index < -0.39 is 0 Å². The van der Waals surface area contributed by atoms with E-state index in [1.165, 1.54) is 5.39 Å². The molecule has 0 atom stereocenters. The predicted molar refractivity (Wildman–Crippen MR) is 102 cm³/mol. The molecule has 4 nitrogen and oxygen atoms in total. The number of aromatic nitrogens is 3. The van der Waals surface area contributed by atoms with Crippen molar-refractivity contribution in [2.75, 3.05) is 0 Å². The van der Waals surface area contributed by atoms with Crippen molar-refractivity contribution in [3.8, 4) is 22.4 Å². The third-order valence-electron chi connectivity index (χ3n) is 4.44. The van der Waals surface area contributed by atoms with Crippen LogP contribution in [0.5, 0.6) is 0 Å². The van der Waals surface area contributed by atoms with Gasteiger partial charge in [0, 0.05) is 39.9 Å². The van der Waals surface area contributed by atoms with Gasteiger partial charge >= 0.3 is 0 Å². The number of thiophene rings is 1. The van der Waals surface area contributed by atoms with E-state index in [1.807, 2.05) is 18.3 Å². The minimum Gasteiger partial charge on any atom is -0.391 e. The topological polar surface area (TPSA) is 53.3 Å². The SMILES string of the molecule is OCc1cc(-c2ccc3nc(-c4ccc5[nH]ccc5c4)cn3c2)cs1. The third-order valence-corrected chi connectivity index (χ3v) is 5.36. The first-order valence-electron chi connectivity index (χ1n) is 8.05. The second-order valence-corrected chi connectivity index (χ2v) is 7.04. The van der Waals surface area contributed by atoms with Gasteiger partial charge in [-0.25, -0.2) is 4.98 Å². The van der Waals surface area contributed by atoms with Gasteiger partial charge in [0.25, 0.3) is 0 Å². The van der Waals surface area contributed by atoms with Gasteiger partial charge in [-0.1, -0.05) is 6.07 Å². The number of aliphatic hydroxyl groups is 1. The summed E-state index contributed by atoms with van der Waals surface area (Å²) in [6, 6.07) is 14.5. The van der Waals surface area contributed by atoms with Crippen LogP contribution in [0.4, 0.5) is 0 Å². The Labute approximate surface area is 148 Å². The maximum absolute atomic E-state index is 9.25. The number of pyridine rings is 1. The van der Waals surface area contributed by atoms with Crippen LogP contribution in [0.25, 0.3) is 38.9 Å². The number of H-pyrrole nitrogens is 1. The van der Waals surface area contributed by atoms with Crippen molar-refractivity contribution in [2.24, 2.45) is 0 Å². The molecule has 0 saturated carbocycles. The molecule has 122 valence electrons. The monoisotopic (exact) mass is 345 g/mol. The molecule has 0 aliphatic heterocycles. The second-order valence-electron chi connectivity index (χ2n) is 6.05. The summed E-state index contributed by atoms with van der Waals surface area (Å²) in [5, 5.41) is 12.5. The minimum absolute atomic E-state index is 0.0871. The molecule has 0 spiro atoms. The first-order chi connectivity index (χ1) is 12.3. The van der Waals surface area contributed by atoms with Crippen molar-refractivity contribution in [3.05, 3.63) is 71.3 Å². The molecule has 0 saturated heterocycles. The van der Waals surface area contributed by atoms with Crippen LogP contribution in [0, 0.1) is 0 Å². The zero-order valence-electron chi connectivity index (χ0n) is 13.3. The number of fused-ring (bicyclic) bond motifs is 2. The van der Waals surface area contributed by atoms with Crippen LogP contribution in [0.2, 0.25) is 0 Å². The summed E-state index contributed by atoms with van der Waals surface area (Å²) < 4.78 is 2.06. The Morgan fingerprint density at radius 1 is 1.00 bits per heavy atom. The lowest BCUT2D eigenvalue weighted by Gasteiger charge is -1.99. The fourth-order valence-electron chi connectivity index (χ4n) is 3.13. The van der Waals surface area contributed by atoms with Gasteiger partial charge < -0.3 is 14.5 Å². The van der Waals surface area contributed by atoms with E-state index in [0.717, 1.165) is 38.4 Å². The molecule has 25 heavy (non-hydrogen) atoms. The van der Waals surface area contributed by atoms with Gasteiger partial charge in [0.15, 0.2) is 0 Å². The molecule has 0 aliphatic carbocycles. The highest BCUT2D eigenvalue weighted by Crippen LogP contribution is 2.28. The van der Waals surface area contributed by atoms with E-state index in [9.17, 15) is 5.11 Å². The summed E-state index contributed by atoms with van der Waals surface area (Å²) in [5.41, 5.74) is 6.36. The molecule has 0 radical (unpaired) electrons. The summed E-state index contributed by atoms with van der Waals surface area (Å²) in [7, 11) is 0. The largest absolute Gasteiger partial charge is 0.391 e. The molecule has 0 bridgehead atoms. The number of imidazole rings is 1. The van der Waals surface area contributed by atoms with Crippen LogP contribution in [0.1, 0.15) is 4.88 Å². The predicted octanol–water partition coefficient (Wildman–Crippen LogP) is 4.70. The highest BCUT2D eigenvalue weighted by atomic mass is 32.1.